The van der Waals surface area contributed by atoms with Gasteiger partial charge in [-0.15, -0.1) is 0 Å². The van der Waals surface area contributed by atoms with Gasteiger partial charge in [0.05, 0.1) is 7.11 Å². The SMILES string of the molecule is COc1ccc(CNC(=O)c2cn3c(n2)NCCC3)cc1. The van der Waals surface area contributed by atoms with E-state index in [0.717, 1.165) is 36.8 Å². The van der Waals surface area contributed by atoms with Crippen molar-refractivity contribution in [1.29, 1.82) is 0 Å². The fourth-order valence-electron chi connectivity index (χ4n) is 2.30. The zero-order chi connectivity index (χ0) is 14.7. The van der Waals surface area contributed by atoms with Crippen LogP contribution in [0.3, 0.4) is 0 Å². The molecule has 6 heteroatoms. The average Bonchev–Trinajstić information content (AvgIpc) is 2.97. The van der Waals surface area contributed by atoms with Crippen molar-refractivity contribution in [3.8, 4) is 5.75 Å². The number of methoxy groups -OCH3 is 1. The Kier molecular flexibility index (Phi) is 3.77. The highest BCUT2D eigenvalue weighted by Gasteiger charge is 2.16. The summed E-state index contributed by atoms with van der Waals surface area (Å²) in [4.78, 5) is 16.4. The van der Waals surface area contributed by atoms with Crippen LogP contribution in [0.1, 0.15) is 22.5 Å². The lowest BCUT2D eigenvalue weighted by Crippen LogP contribution is -2.23. The quantitative estimate of drug-likeness (QED) is 0.896. The zero-order valence-electron chi connectivity index (χ0n) is 11.9. The van der Waals surface area contributed by atoms with Crippen LogP contribution in [0, 0.1) is 0 Å². The summed E-state index contributed by atoms with van der Waals surface area (Å²) in [5.41, 5.74) is 1.47. The molecule has 0 unspecified atom stereocenters. The van der Waals surface area contributed by atoms with Gasteiger partial charge in [0.1, 0.15) is 11.4 Å². The van der Waals surface area contributed by atoms with Crippen LogP contribution in [0.25, 0.3) is 0 Å². The monoisotopic (exact) mass is 286 g/mol. The maximum atomic E-state index is 12.1. The van der Waals surface area contributed by atoms with Crippen LogP contribution in [-0.4, -0.2) is 29.1 Å². The second-order valence-corrected chi connectivity index (χ2v) is 4.95. The van der Waals surface area contributed by atoms with Gasteiger partial charge in [-0.05, 0) is 24.1 Å². The fraction of sp³-hybridized carbons (Fsp3) is 0.333. The van der Waals surface area contributed by atoms with Gasteiger partial charge < -0.3 is 19.9 Å². The van der Waals surface area contributed by atoms with E-state index >= 15 is 0 Å². The van der Waals surface area contributed by atoms with E-state index in [-0.39, 0.29) is 5.91 Å². The van der Waals surface area contributed by atoms with Crippen LogP contribution in [0.2, 0.25) is 0 Å². The third-order valence-corrected chi connectivity index (χ3v) is 3.48. The lowest BCUT2D eigenvalue weighted by atomic mass is 10.2. The molecule has 1 amide bonds. The van der Waals surface area contributed by atoms with Crippen molar-refractivity contribution in [2.45, 2.75) is 19.5 Å². The molecule has 1 aromatic carbocycles. The Morgan fingerprint density at radius 1 is 1.43 bits per heavy atom. The maximum absolute atomic E-state index is 12.1. The number of fused-ring (bicyclic) bond motifs is 1. The number of aromatic nitrogens is 2. The molecule has 3 rings (SSSR count). The average molecular weight is 286 g/mol. The molecule has 0 bridgehead atoms. The zero-order valence-corrected chi connectivity index (χ0v) is 11.9. The Morgan fingerprint density at radius 3 is 2.95 bits per heavy atom. The Balaban J connectivity index is 1.61. The molecule has 6 nitrogen and oxygen atoms in total. The van der Waals surface area contributed by atoms with Crippen LogP contribution >= 0.6 is 0 Å². The van der Waals surface area contributed by atoms with Gasteiger partial charge in [0.15, 0.2) is 0 Å². The normalized spacial score (nSPS) is 13.2. The summed E-state index contributed by atoms with van der Waals surface area (Å²) in [6.07, 6.45) is 2.85. The highest BCUT2D eigenvalue weighted by molar-refractivity contribution is 5.92. The van der Waals surface area contributed by atoms with Crippen LogP contribution in [0.5, 0.6) is 5.75 Å². The van der Waals surface area contributed by atoms with Crippen molar-refractivity contribution in [3.05, 3.63) is 41.7 Å². The molecule has 0 saturated heterocycles. The van der Waals surface area contributed by atoms with E-state index in [4.69, 9.17) is 4.74 Å². The Bertz CT molecular complexity index is 610. The van der Waals surface area contributed by atoms with Gasteiger partial charge in [0, 0.05) is 25.8 Å². The minimum absolute atomic E-state index is 0.158. The summed E-state index contributed by atoms with van der Waals surface area (Å²) in [7, 11) is 1.63. The third kappa shape index (κ3) is 2.99. The first-order valence-electron chi connectivity index (χ1n) is 6.98. The van der Waals surface area contributed by atoms with Gasteiger partial charge in [0.2, 0.25) is 5.95 Å². The summed E-state index contributed by atoms with van der Waals surface area (Å²) in [6, 6.07) is 7.61. The van der Waals surface area contributed by atoms with Crippen molar-refractivity contribution in [2.75, 3.05) is 19.0 Å². The molecule has 0 aliphatic carbocycles. The van der Waals surface area contributed by atoms with Gasteiger partial charge in [-0.3, -0.25) is 4.79 Å². The molecule has 1 aliphatic heterocycles. The standard InChI is InChI=1S/C15H18N4O2/c1-21-12-5-3-11(4-6-12)9-17-14(20)13-10-19-8-2-7-16-15(19)18-13/h3-6,10H,2,7-9H2,1H3,(H,16,18)(H,17,20). The summed E-state index contributed by atoms with van der Waals surface area (Å²) >= 11 is 0. The number of carbonyl (C=O) groups excluding carboxylic acids is 1. The number of nitrogens with one attached hydrogen (secondary N) is 2. The summed E-state index contributed by atoms with van der Waals surface area (Å²) in [5.74, 6) is 1.42. The van der Waals surface area contributed by atoms with E-state index in [0.29, 0.717) is 12.2 Å². The smallest absolute Gasteiger partial charge is 0.271 e. The molecule has 1 aromatic heterocycles. The van der Waals surface area contributed by atoms with Crippen molar-refractivity contribution in [2.24, 2.45) is 0 Å². The lowest BCUT2D eigenvalue weighted by molar-refractivity contribution is 0.0946. The van der Waals surface area contributed by atoms with Gasteiger partial charge in [-0.1, -0.05) is 12.1 Å². The number of carbonyl (C=O) groups is 1. The molecular formula is C15H18N4O2. The summed E-state index contributed by atoms with van der Waals surface area (Å²) < 4.78 is 7.08. The largest absolute Gasteiger partial charge is 0.497 e. The number of hydrogen-bond acceptors (Lipinski definition) is 4. The van der Waals surface area contributed by atoms with Crippen molar-refractivity contribution in [3.63, 3.8) is 0 Å². The van der Waals surface area contributed by atoms with Gasteiger partial charge in [0.25, 0.3) is 5.91 Å². The molecule has 2 N–H and O–H groups in total. The molecule has 110 valence electrons. The number of rotatable bonds is 4. The molecule has 21 heavy (non-hydrogen) atoms. The van der Waals surface area contributed by atoms with Gasteiger partial charge in [-0.25, -0.2) is 4.98 Å². The Morgan fingerprint density at radius 2 is 2.24 bits per heavy atom. The molecule has 0 spiro atoms. The predicted molar refractivity (Wildman–Crippen MR) is 79.5 cm³/mol. The van der Waals surface area contributed by atoms with E-state index in [9.17, 15) is 4.79 Å². The number of aryl methyl sites for hydroxylation is 1. The molecule has 2 aromatic rings. The number of nitrogens with zero attached hydrogens (tertiary/aromatic N) is 2. The topological polar surface area (TPSA) is 68.2 Å². The van der Waals surface area contributed by atoms with E-state index in [1.807, 2.05) is 28.8 Å². The van der Waals surface area contributed by atoms with E-state index in [1.165, 1.54) is 0 Å². The molecular weight excluding hydrogens is 268 g/mol. The van der Waals surface area contributed by atoms with E-state index < -0.39 is 0 Å². The number of benzene rings is 1. The second kappa shape index (κ2) is 5.87. The van der Waals surface area contributed by atoms with Crippen LogP contribution in [-0.2, 0) is 13.1 Å². The number of hydrogen-bond donors (Lipinski definition) is 2. The first-order valence-corrected chi connectivity index (χ1v) is 6.98. The van der Waals surface area contributed by atoms with Crippen molar-refractivity contribution >= 4 is 11.9 Å². The first-order chi connectivity index (χ1) is 10.3. The van der Waals surface area contributed by atoms with Gasteiger partial charge in [-0.2, -0.15) is 0 Å². The molecule has 2 heterocycles. The fourth-order valence-corrected chi connectivity index (χ4v) is 2.30. The summed E-state index contributed by atoms with van der Waals surface area (Å²) in [6.45, 7) is 2.28. The molecule has 0 saturated carbocycles. The van der Waals surface area contributed by atoms with E-state index in [2.05, 4.69) is 15.6 Å². The van der Waals surface area contributed by atoms with E-state index in [1.54, 1.807) is 13.3 Å². The highest BCUT2D eigenvalue weighted by atomic mass is 16.5. The third-order valence-electron chi connectivity index (χ3n) is 3.48. The van der Waals surface area contributed by atoms with Crippen molar-refractivity contribution in [1.82, 2.24) is 14.9 Å². The van der Waals surface area contributed by atoms with Crippen LogP contribution in [0.4, 0.5) is 5.95 Å². The minimum Gasteiger partial charge on any atom is -0.497 e. The summed E-state index contributed by atoms with van der Waals surface area (Å²) in [5, 5.41) is 6.06. The molecule has 1 aliphatic rings. The molecule has 0 fully saturated rings. The lowest BCUT2D eigenvalue weighted by Gasteiger charge is -2.14. The minimum atomic E-state index is -0.158. The van der Waals surface area contributed by atoms with Crippen molar-refractivity contribution < 1.29 is 9.53 Å². The Hall–Kier alpha value is -2.50. The Labute approximate surface area is 123 Å². The number of anilines is 1. The molecule has 0 radical (unpaired) electrons. The second-order valence-electron chi connectivity index (χ2n) is 4.95. The first kappa shape index (κ1) is 13.5. The number of amides is 1. The number of ether oxygens (including phenoxy) is 1. The van der Waals surface area contributed by atoms with Crippen LogP contribution < -0.4 is 15.4 Å². The maximum Gasteiger partial charge on any atom is 0.271 e. The molecule has 0 atom stereocenters. The predicted octanol–water partition coefficient (Wildman–Crippen LogP) is 1.64. The van der Waals surface area contributed by atoms with Gasteiger partial charge >= 0.3 is 0 Å². The van der Waals surface area contributed by atoms with Crippen LogP contribution in [0.15, 0.2) is 30.5 Å². The number of imidazole rings is 1. The highest BCUT2D eigenvalue weighted by Crippen LogP contribution is 2.14.